The molecule has 7 heteroatoms. The molecule has 0 atom stereocenters. The lowest BCUT2D eigenvalue weighted by Crippen LogP contribution is -2.12. The molecule has 0 unspecified atom stereocenters. The molecule has 0 aliphatic heterocycles. The van der Waals surface area contributed by atoms with Crippen LogP contribution in [0.1, 0.15) is 5.56 Å². The smallest absolute Gasteiger partial charge is 0.261 e. The fourth-order valence-electron chi connectivity index (χ4n) is 2.88. The van der Waals surface area contributed by atoms with E-state index in [0.717, 1.165) is 16.5 Å². The Labute approximate surface area is 174 Å². The summed E-state index contributed by atoms with van der Waals surface area (Å²) in [4.78, 5) is 4.48. The van der Waals surface area contributed by atoms with Crippen LogP contribution in [0.3, 0.4) is 0 Å². The van der Waals surface area contributed by atoms with Gasteiger partial charge in [0.25, 0.3) is 10.0 Å². The molecule has 0 spiro atoms. The molecule has 0 saturated carbocycles. The molecule has 1 N–H and O–H groups in total. The fraction of sp³-hybridized carbons (Fsp3) is 0.0455. The van der Waals surface area contributed by atoms with Crippen molar-refractivity contribution in [3.63, 3.8) is 0 Å². The first-order valence-electron chi connectivity index (χ1n) is 8.82. The highest BCUT2D eigenvalue weighted by molar-refractivity contribution is 7.92. The summed E-state index contributed by atoms with van der Waals surface area (Å²) in [6, 6.07) is 20.4. The first kappa shape index (κ1) is 19.2. The standard InChI is InChI=1S/C22H17ClN2O3S/c1-15-12-13-24-22-11-8-19(14-21(15)22)28-18-6-4-17(5-7-18)25-29(26,27)20-9-2-16(23)3-10-20/h2-14,25H,1H3. The summed E-state index contributed by atoms with van der Waals surface area (Å²) in [5, 5.41) is 1.50. The van der Waals surface area contributed by atoms with Gasteiger partial charge in [-0.15, -0.1) is 0 Å². The first-order chi connectivity index (χ1) is 13.9. The Kier molecular flexibility index (Phi) is 5.13. The molecule has 29 heavy (non-hydrogen) atoms. The Hall–Kier alpha value is -3.09. The zero-order valence-corrected chi connectivity index (χ0v) is 17.0. The number of nitrogens with zero attached hydrogens (tertiary/aromatic N) is 1. The molecule has 4 aromatic rings. The van der Waals surface area contributed by atoms with Crippen molar-refractivity contribution in [2.24, 2.45) is 0 Å². The Morgan fingerprint density at radius 1 is 0.897 bits per heavy atom. The second-order valence-electron chi connectivity index (χ2n) is 6.49. The number of anilines is 1. The van der Waals surface area contributed by atoms with Crippen molar-refractivity contribution in [3.05, 3.63) is 89.6 Å². The van der Waals surface area contributed by atoms with Crippen molar-refractivity contribution in [1.29, 1.82) is 0 Å². The number of fused-ring (bicyclic) bond motifs is 1. The van der Waals surface area contributed by atoms with E-state index < -0.39 is 10.0 Å². The number of sulfonamides is 1. The van der Waals surface area contributed by atoms with E-state index in [9.17, 15) is 8.42 Å². The van der Waals surface area contributed by atoms with Crippen LogP contribution in [0.5, 0.6) is 11.5 Å². The molecule has 146 valence electrons. The summed E-state index contributed by atoms with van der Waals surface area (Å²) >= 11 is 5.81. The summed E-state index contributed by atoms with van der Waals surface area (Å²) < 4.78 is 33.4. The third-order valence-corrected chi connectivity index (χ3v) is 6.05. The number of aryl methyl sites for hydroxylation is 1. The predicted octanol–water partition coefficient (Wildman–Crippen LogP) is 5.79. The molecule has 0 fully saturated rings. The minimum absolute atomic E-state index is 0.141. The second-order valence-corrected chi connectivity index (χ2v) is 8.61. The van der Waals surface area contributed by atoms with Crippen LogP contribution in [0.4, 0.5) is 5.69 Å². The van der Waals surface area contributed by atoms with E-state index in [1.165, 1.54) is 24.3 Å². The van der Waals surface area contributed by atoms with E-state index in [0.29, 0.717) is 22.2 Å². The molecule has 4 rings (SSSR count). The summed E-state index contributed by atoms with van der Waals surface area (Å²) in [6.07, 6.45) is 1.78. The highest BCUT2D eigenvalue weighted by Crippen LogP contribution is 2.28. The molecule has 1 aromatic heterocycles. The third kappa shape index (κ3) is 4.34. The van der Waals surface area contributed by atoms with E-state index in [2.05, 4.69) is 9.71 Å². The van der Waals surface area contributed by atoms with Gasteiger partial charge in [0.2, 0.25) is 0 Å². The lowest BCUT2D eigenvalue weighted by atomic mass is 10.1. The van der Waals surface area contributed by atoms with Gasteiger partial charge in [0.15, 0.2) is 0 Å². The van der Waals surface area contributed by atoms with Gasteiger partial charge in [0, 0.05) is 22.3 Å². The monoisotopic (exact) mass is 424 g/mol. The van der Waals surface area contributed by atoms with Gasteiger partial charge in [-0.3, -0.25) is 9.71 Å². The number of hydrogen-bond acceptors (Lipinski definition) is 4. The van der Waals surface area contributed by atoms with Crippen LogP contribution in [0.25, 0.3) is 10.9 Å². The van der Waals surface area contributed by atoms with Crippen molar-refractivity contribution in [2.45, 2.75) is 11.8 Å². The summed E-state index contributed by atoms with van der Waals surface area (Å²) in [5.41, 5.74) is 2.46. The molecule has 0 amide bonds. The Morgan fingerprint density at radius 2 is 1.59 bits per heavy atom. The molecule has 3 aromatic carbocycles. The molecule has 5 nitrogen and oxygen atoms in total. The van der Waals surface area contributed by atoms with Gasteiger partial charge in [0.1, 0.15) is 11.5 Å². The number of benzene rings is 3. The number of halogens is 1. The maximum atomic E-state index is 12.5. The third-order valence-electron chi connectivity index (χ3n) is 4.40. The highest BCUT2D eigenvalue weighted by Gasteiger charge is 2.14. The van der Waals surface area contributed by atoms with E-state index >= 15 is 0 Å². The number of rotatable bonds is 5. The predicted molar refractivity (Wildman–Crippen MR) is 115 cm³/mol. The van der Waals surface area contributed by atoms with E-state index in [1.807, 2.05) is 31.2 Å². The van der Waals surface area contributed by atoms with Crippen molar-refractivity contribution in [1.82, 2.24) is 4.98 Å². The maximum Gasteiger partial charge on any atom is 0.261 e. The largest absolute Gasteiger partial charge is 0.457 e. The van der Waals surface area contributed by atoms with E-state index in [4.69, 9.17) is 16.3 Å². The summed E-state index contributed by atoms with van der Waals surface area (Å²) in [5.74, 6) is 1.28. The van der Waals surface area contributed by atoms with Crippen molar-refractivity contribution in [2.75, 3.05) is 4.72 Å². The number of hydrogen-bond donors (Lipinski definition) is 1. The molecule has 0 aliphatic carbocycles. The van der Waals surface area contributed by atoms with Gasteiger partial charge >= 0.3 is 0 Å². The summed E-state index contributed by atoms with van der Waals surface area (Å²) in [7, 11) is -3.69. The minimum Gasteiger partial charge on any atom is -0.457 e. The average Bonchev–Trinajstić information content (AvgIpc) is 2.70. The number of pyridine rings is 1. The van der Waals surface area contributed by atoms with Crippen LogP contribution in [0.15, 0.2) is 83.9 Å². The molecule has 0 bridgehead atoms. The van der Waals surface area contributed by atoms with Crippen LogP contribution >= 0.6 is 11.6 Å². The normalized spacial score (nSPS) is 11.4. The highest BCUT2D eigenvalue weighted by atomic mass is 35.5. The molecular weight excluding hydrogens is 408 g/mol. The van der Waals surface area contributed by atoms with E-state index in [1.54, 1.807) is 30.5 Å². The molecule has 0 saturated heterocycles. The van der Waals surface area contributed by atoms with Gasteiger partial charge in [-0.1, -0.05) is 11.6 Å². The summed E-state index contributed by atoms with van der Waals surface area (Å²) in [6.45, 7) is 2.02. The minimum atomic E-state index is -3.69. The van der Waals surface area contributed by atoms with Crippen LogP contribution in [0.2, 0.25) is 5.02 Å². The number of aromatic nitrogens is 1. The zero-order chi connectivity index (χ0) is 20.4. The molecule has 1 heterocycles. The van der Waals surface area contributed by atoms with Crippen LogP contribution < -0.4 is 9.46 Å². The van der Waals surface area contributed by atoms with Gasteiger partial charge in [0.05, 0.1) is 10.4 Å². The Balaban J connectivity index is 1.51. The van der Waals surface area contributed by atoms with Crippen LogP contribution in [-0.4, -0.2) is 13.4 Å². The van der Waals surface area contributed by atoms with Crippen LogP contribution in [0, 0.1) is 6.92 Å². The lowest BCUT2D eigenvalue weighted by molar-refractivity contribution is 0.483. The number of nitrogens with one attached hydrogen (secondary N) is 1. The molecule has 0 aliphatic rings. The average molecular weight is 425 g/mol. The fourth-order valence-corrected chi connectivity index (χ4v) is 4.07. The van der Waals surface area contributed by atoms with Gasteiger partial charge < -0.3 is 4.74 Å². The van der Waals surface area contributed by atoms with E-state index in [-0.39, 0.29) is 4.90 Å². The maximum absolute atomic E-state index is 12.5. The quantitative estimate of drug-likeness (QED) is 0.440. The molecular formula is C22H17ClN2O3S. The lowest BCUT2D eigenvalue weighted by Gasteiger charge is -2.10. The Bertz CT molecular complexity index is 1270. The topological polar surface area (TPSA) is 68.3 Å². The second kappa shape index (κ2) is 7.73. The van der Waals surface area contributed by atoms with Crippen molar-refractivity contribution < 1.29 is 13.2 Å². The van der Waals surface area contributed by atoms with Gasteiger partial charge in [-0.2, -0.15) is 0 Å². The van der Waals surface area contributed by atoms with Gasteiger partial charge in [-0.05, 0) is 85.3 Å². The zero-order valence-electron chi connectivity index (χ0n) is 15.5. The SMILES string of the molecule is Cc1ccnc2ccc(Oc3ccc(NS(=O)(=O)c4ccc(Cl)cc4)cc3)cc12. The van der Waals surface area contributed by atoms with Crippen LogP contribution in [-0.2, 0) is 10.0 Å². The van der Waals surface area contributed by atoms with Crippen molar-refractivity contribution in [3.8, 4) is 11.5 Å². The number of ether oxygens (including phenoxy) is 1. The van der Waals surface area contributed by atoms with Gasteiger partial charge in [-0.25, -0.2) is 8.42 Å². The Morgan fingerprint density at radius 3 is 2.31 bits per heavy atom. The molecule has 0 radical (unpaired) electrons. The first-order valence-corrected chi connectivity index (χ1v) is 10.7. The van der Waals surface area contributed by atoms with Crippen molar-refractivity contribution >= 4 is 38.2 Å².